The molecule has 0 saturated heterocycles. The Balaban J connectivity index is 2.81. The predicted octanol–water partition coefficient (Wildman–Crippen LogP) is 3.26. The summed E-state index contributed by atoms with van der Waals surface area (Å²) in [5, 5.41) is 3.18. The standard InChI is InChI=1S/C13H21FN2O/c1-4-5-17-13-7-12(16-8-9(2)3)11(15)6-10(13)14/h6-7,9,16H,4-5,8,15H2,1-3H3. The lowest BCUT2D eigenvalue weighted by molar-refractivity contribution is 0.301. The van der Waals surface area contributed by atoms with Crippen molar-refractivity contribution in [1.82, 2.24) is 0 Å². The number of ether oxygens (including phenoxy) is 1. The van der Waals surface area contributed by atoms with E-state index in [0.717, 1.165) is 18.7 Å². The molecule has 0 saturated carbocycles. The summed E-state index contributed by atoms with van der Waals surface area (Å²) < 4.78 is 18.8. The van der Waals surface area contributed by atoms with Gasteiger partial charge in [-0.25, -0.2) is 4.39 Å². The molecule has 0 aliphatic rings. The monoisotopic (exact) mass is 240 g/mol. The van der Waals surface area contributed by atoms with Gasteiger partial charge >= 0.3 is 0 Å². The van der Waals surface area contributed by atoms with E-state index in [0.29, 0.717) is 18.2 Å². The van der Waals surface area contributed by atoms with E-state index in [1.54, 1.807) is 6.07 Å². The maximum absolute atomic E-state index is 13.5. The fourth-order valence-corrected chi connectivity index (χ4v) is 1.36. The summed E-state index contributed by atoms with van der Waals surface area (Å²) in [5.74, 6) is 0.345. The number of hydrogen-bond acceptors (Lipinski definition) is 3. The molecule has 0 aliphatic heterocycles. The molecule has 0 spiro atoms. The molecule has 0 aliphatic carbocycles. The second kappa shape index (κ2) is 6.33. The van der Waals surface area contributed by atoms with Crippen molar-refractivity contribution < 1.29 is 9.13 Å². The number of anilines is 2. The van der Waals surface area contributed by atoms with Crippen LogP contribution in [0.4, 0.5) is 15.8 Å². The molecule has 1 rings (SSSR count). The van der Waals surface area contributed by atoms with Crippen LogP contribution in [0.1, 0.15) is 27.2 Å². The van der Waals surface area contributed by atoms with Gasteiger partial charge in [0.05, 0.1) is 18.0 Å². The van der Waals surface area contributed by atoms with Crippen molar-refractivity contribution in [2.24, 2.45) is 5.92 Å². The molecular weight excluding hydrogens is 219 g/mol. The number of rotatable bonds is 6. The molecule has 4 heteroatoms. The van der Waals surface area contributed by atoms with Gasteiger partial charge in [0.15, 0.2) is 11.6 Å². The molecule has 17 heavy (non-hydrogen) atoms. The van der Waals surface area contributed by atoms with Crippen LogP contribution in [-0.4, -0.2) is 13.2 Å². The Kier molecular flexibility index (Phi) is 5.07. The van der Waals surface area contributed by atoms with E-state index in [1.165, 1.54) is 6.07 Å². The first-order valence-electron chi connectivity index (χ1n) is 6.00. The number of nitrogens with two attached hydrogens (primary N) is 1. The molecule has 96 valence electrons. The van der Waals surface area contributed by atoms with Crippen LogP contribution in [0.2, 0.25) is 0 Å². The SMILES string of the molecule is CCCOc1cc(NCC(C)C)c(N)cc1F. The smallest absolute Gasteiger partial charge is 0.167 e. The van der Waals surface area contributed by atoms with Gasteiger partial charge in [-0.15, -0.1) is 0 Å². The summed E-state index contributed by atoms with van der Waals surface area (Å²) in [6, 6.07) is 2.93. The van der Waals surface area contributed by atoms with E-state index in [4.69, 9.17) is 10.5 Å². The van der Waals surface area contributed by atoms with Crippen molar-refractivity contribution in [1.29, 1.82) is 0 Å². The Morgan fingerprint density at radius 1 is 1.41 bits per heavy atom. The van der Waals surface area contributed by atoms with Gasteiger partial charge in [-0.05, 0) is 12.3 Å². The van der Waals surface area contributed by atoms with Crippen LogP contribution in [0.15, 0.2) is 12.1 Å². The summed E-state index contributed by atoms with van der Waals surface area (Å²) in [7, 11) is 0. The van der Waals surface area contributed by atoms with Crippen LogP contribution in [-0.2, 0) is 0 Å². The van der Waals surface area contributed by atoms with Crippen molar-refractivity contribution in [3.63, 3.8) is 0 Å². The molecule has 0 amide bonds. The van der Waals surface area contributed by atoms with Gasteiger partial charge in [0.1, 0.15) is 0 Å². The molecule has 1 aromatic carbocycles. The molecule has 3 nitrogen and oxygen atoms in total. The van der Waals surface area contributed by atoms with Gasteiger partial charge in [0.25, 0.3) is 0 Å². The topological polar surface area (TPSA) is 47.3 Å². The maximum Gasteiger partial charge on any atom is 0.167 e. The van der Waals surface area contributed by atoms with Crippen molar-refractivity contribution in [2.45, 2.75) is 27.2 Å². The maximum atomic E-state index is 13.5. The Morgan fingerprint density at radius 2 is 2.12 bits per heavy atom. The fourth-order valence-electron chi connectivity index (χ4n) is 1.36. The summed E-state index contributed by atoms with van der Waals surface area (Å²) >= 11 is 0. The molecule has 0 unspecified atom stereocenters. The van der Waals surface area contributed by atoms with Gasteiger partial charge in [-0.2, -0.15) is 0 Å². The van der Waals surface area contributed by atoms with Crippen molar-refractivity contribution in [3.8, 4) is 5.75 Å². The first-order chi connectivity index (χ1) is 8.04. The third-order valence-corrected chi connectivity index (χ3v) is 2.27. The Hall–Kier alpha value is -1.45. The largest absolute Gasteiger partial charge is 0.490 e. The molecular formula is C13H21FN2O. The van der Waals surface area contributed by atoms with Gasteiger partial charge in [-0.1, -0.05) is 20.8 Å². The Morgan fingerprint density at radius 3 is 2.71 bits per heavy atom. The number of nitrogens with one attached hydrogen (secondary N) is 1. The van der Waals surface area contributed by atoms with Crippen LogP contribution in [0, 0.1) is 11.7 Å². The minimum absolute atomic E-state index is 0.257. The highest BCUT2D eigenvalue weighted by molar-refractivity contribution is 5.68. The summed E-state index contributed by atoms with van der Waals surface area (Å²) in [6.07, 6.45) is 0.846. The van der Waals surface area contributed by atoms with E-state index in [1.807, 2.05) is 6.92 Å². The van der Waals surface area contributed by atoms with Crippen LogP contribution in [0.5, 0.6) is 5.75 Å². The van der Waals surface area contributed by atoms with Crippen LogP contribution >= 0.6 is 0 Å². The number of nitrogen functional groups attached to an aromatic ring is 1. The lowest BCUT2D eigenvalue weighted by Crippen LogP contribution is -2.10. The van der Waals surface area contributed by atoms with Crippen molar-refractivity contribution in [2.75, 3.05) is 24.2 Å². The second-order valence-electron chi connectivity index (χ2n) is 4.49. The molecule has 0 atom stereocenters. The van der Waals surface area contributed by atoms with Gasteiger partial charge in [0.2, 0.25) is 0 Å². The highest BCUT2D eigenvalue weighted by Gasteiger charge is 2.09. The van der Waals surface area contributed by atoms with Crippen molar-refractivity contribution >= 4 is 11.4 Å². The van der Waals surface area contributed by atoms with E-state index in [9.17, 15) is 4.39 Å². The highest BCUT2D eigenvalue weighted by atomic mass is 19.1. The second-order valence-corrected chi connectivity index (χ2v) is 4.49. The molecule has 0 aromatic heterocycles. The average Bonchev–Trinajstić information content (AvgIpc) is 2.26. The number of halogens is 1. The zero-order valence-electron chi connectivity index (χ0n) is 10.7. The number of hydrogen-bond donors (Lipinski definition) is 2. The molecule has 1 aromatic rings. The summed E-state index contributed by atoms with van der Waals surface area (Å²) in [4.78, 5) is 0. The fraction of sp³-hybridized carbons (Fsp3) is 0.538. The Bertz CT molecular complexity index is 367. The van der Waals surface area contributed by atoms with E-state index in [-0.39, 0.29) is 5.75 Å². The highest BCUT2D eigenvalue weighted by Crippen LogP contribution is 2.28. The molecule has 3 N–H and O–H groups in total. The van der Waals surface area contributed by atoms with Crippen LogP contribution in [0.25, 0.3) is 0 Å². The van der Waals surface area contributed by atoms with Crippen LogP contribution in [0.3, 0.4) is 0 Å². The Labute approximate surface area is 102 Å². The van der Waals surface area contributed by atoms with E-state index >= 15 is 0 Å². The third-order valence-electron chi connectivity index (χ3n) is 2.27. The first kappa shape index (κ1) is 13.6. The normalized spacial score (nSPS) is 10.6. The number of benzene rings is 1. The van der Waals surface area contributed by atoms with E-state index < -0.39 is 5.82 Å². The predicted molar refractivity (Wildman–Crippen MR) is 69.9 cm³/mol. The quantitative estimate of drug-likeness (QED) is 0.750. The first-order valence-corrected chi connectivity index (χ1v) is 6.00. The van der Waals surface area contributed by atoms with E-state index in [2.05, 4.69) is 19.2 Å². The lowest BCUT2D eigenvalue weighted by atomic mass is 10.2. The zero-order chi connectivity index (χ0) is 12.8. The van der Waals surface area contributed by atoms with Crippen LogP contribution < -0.4 is 15.8 Å². The van der Waals surface area contributed by atoms with Gasteiger partial charge < -0.3 is 15.8 Å². The van der Waals surface area contributed by atoms with Crippen molar-refractivity contribution in [3.05, 3.63) is 17.9 Å². The van der Waals surface area contributed by atoms with Gasteiger partial charge in [-0.3, -0.25) is 0 Å². The lowest BCUT2D eigenvalue weighted by Gasteiger charge is -2.14. The molecule has 0 heterocycles. The summed E-state index contributed by atoms with van der Waals surface area (Å²) in [5.41, 5.74) is 6.88. The summed E-state index contributed by atoms with van der Waals surface area (Å²) in [6.45, 7) is 7.48. The zero-order valence-corrected chi connectivity index (χ0v) is 10.7. The third kappa shape index (κ3) is 4.13. The minimum Gasteiger partial charge on any atom is -0.490 e. The minimum atomic E-state index is -0.411. The molecule has 0 radical (unpaired) electrons. The molecule has 0 fully saturated rings. The average molecular weight is 240 g/mol. The molecule has 0 bridgehead atoms. The van der Waals surface area contributed by atoms with Gasteiger partial charge in [0, 0.05) is 18.7 Å².